The molecule has 3 N–H and O–H groups in total. The molecule has 29 heavy (non-hydrogen) atoms. The molecule has 0 amide bonds. The van der Waals surface area contributed by atoms with Crippen LogP contribution in [0.3, 0.4) is 0 Å². The van der Waals surface area contributed by atoms with E-state index in [0.29, 0.717) is 18.9 Å². The minimum absolute atomic E-state index is 0.285. The van der Waals surface area contributed by atoms with E-state index in [4.69, 9.17) is 5.73 Å². The van der Waals surface area contributed by atoms with Gasteiger partial charge in [-0.2, -0.15) is 0 Å². The van der Waals surface area contributed by atoms with Gasteiger partial charge in [0.25, 0.3) is 0 Å². The van der Waals surface area contributed by atoms with Gasteiger partial charge in [0.1, 0.15) is 0 Å². The van der Waals surface area contributed by atoms with Crippen LogP contribution in [0.4, 0.5) is 0 Å². The van der Waals surface area contributed by atoms with E-state index in [2.05, 4.69) is 71.0 Å². The first-order chi connectivity index (χ1) is 14.2. The Morgan fingerprint density at radius 2 is 1.59 bits per heavy atom. The minimum atomic E-state index is -0.579. The van der Waals surface area contributed by atoms with Crippen molar-refractivity contribution >= 4 is 11.9 Å². The zero-order chi connectivity index (χ0) is 20.1. The zero-order valence-corrected chi connectivity index (χ0v) is 17.3. The molecule has 0 saturated heterocycles. The van der Waals surface area contributed by atoms with Crippen LogP contribution < -0.4 is 5.73 Å². The molecule has 1 aliphatic heterocycles. The average Bonchev–Trinajstić information content (AvgIpc) is 2.94. The molecule has 150 valence electrons. The molecule has 3 atom stereocenters. The highest BCUT2D eigenvalue weighted by atomic mass is 32.2. The quantitative estimate of drug-likeness (QED) is 0.603. The molecule has 0 spiro atoms. The van der Waals surface area contributed by atoms with Gasteiger partial charge in [0.05, 0.1) is 6.10 Å². The van der Waals surface area contributed by atoms with Gasteiger partial charge in [0.15, 0.2) is 0 Å². The van der Waals surface area contributed by atoms with Crippen LogP contribution in [0.15, 0.2) is 89.8 Å². The largest absolute Gasteiger partial charge is 0.390 e. The second-order valence-corrected chi connectivity index (χ2v) is 8.92. The monoisotopic (exact) mass is 404 g/mol. The third-order valence-corrected chi connectivity index (χ3v) is 6.71. The third kappa shape index (κ3) is 5.28. The molecule has 0 fully saturated rings. The topological polar surface area (TPSA) is 49.5 Å². The fraction of sp³-hybridized carbons (Fsp3) is 0.280. The maximum absolute atomic E-state index is 10.8. The zero-order valence-electron chi connectivity index (χ0n) is 16.5. The van der Waals surface area contributed by atoms with Crippen molar-refractivity contribution in [3.8, 4) is 0 Å². The maximum atomic E-state index is 10.8. The molecule has 1 unspecified atom stereocenters. The predicted octanol–water partition coefficient (Wildman–Crippen LogP) is 4.27. The third-order valence-electron chi connectivity index (χ3n) is 5.56. The fourth-order valence-corrected chi connectivity index (χ4v) is 5.11. The number of benzene rings is 3. The molecular formula is C25H28N2OS. The number of hydrogen-bond donors (Lipinski definition) is 2. The highest BCUT2D eigenvalue weighted by molar-refractivity contribution is 7.97. The van der Waals surface area contributed by atoms with Gasteiger partial charge < -0.3 is 10.8 Å². The number of β-amino-alcohol motifs (C(OH)–C–C–N with tert-alkyl or cyclic N) is 1. The molecule has 0 aromatic heterocycles. The first-order valence-electron chi connectivity index (χ1n) is 10.2. The molecule has 1 heterocycles. The summed E-state index contributed by atoms with van der Waals surface area (Å²) in [6, 6.07) is 29.2. The summed E-state index contributed by atoms with van der Waals surface area (Å²) in [6.07, 6.45) is 1.11. The van der Waals surface area contributed by atoms with Gasteiger partial charge in [-0.1, -0.05) is 78.9 Å². The molecule has 3 aromatic carbocycles. The van der Waals surface area contributed by atoms with Crippen LogP contribution >= 0.6 is 11.9 Å². The second kappa shape index (κ2) is 9.59. The lowest BCUT2D eigenvalue weighted by atomic mass is 9.91. The summed E-state index contributed by atoms with van der Waals surface area (Å²) in [7, 11) is 0. The lowest BCUT2D eigenvalue weighted by molar-refractivity contribution is 0.121. The molecule has 3 nitrogen and oxygen atoms in total. The van der Waals surface area contributed by atoms with Crippen molar-refractivity contribution in [3.05, 3.63) is 102 Å². The van der Waals surface area contributed by atoms with Gasteiger partial charge in [-0.25, -0.2) is 4.31 Å². The summed E-state index contributed by atoms with van der Waals surface area (Å²) in [6.45, 7) is 1.44. The molecule has 4 heteroatoms. The van der Waals surface area contributed by atoms with Crippen LogP contribution in [0.5, 0.6) is 0 Å². The lowest BCUT2D eigenvalue weighted by Gasteiger charge is -2.28. The van der Waals surface area contributed by atoms with Crippen molar-refractivity contribution in [3.63, 3.8) is 0 Å². The average molecular weight is 405 g/mol. The Morgan fingerprint density at radius 3 is 2.34 bits per heavy atom. The van der Waals surface area contributed by atoms with Crippen LogP contribution in [-0.2, 0) is 12.8 Å². The van der Waals surface area contributed by atoms with Crippen LogP contribution in [0.25, 0.3) is 0 Å². The summed E-state index contributed by atoms with van der Waals surface area (Å²) in [5.74, 6) is 0.393. The van der Waals surface area contributed by atoms with Gasteiger partial charge in [0.2, 0.25) is 0 Å². The summed E-state index contributed by atoms with van der Waals surface area (Å²) in [5, 5.41) is 10.8. The maximum Gasteiger partial charge on any atom is 0.0830 e. The normalized spacial score (nSPS) is 19.2. The minimum Gasteiger partial charge on any atom is -0.390 e. The van der Waals surface area contributed by atoms with Crippen molar-refractivity contribution in [2.45, 2.75) is 35.8 Å². The summed E-state index contributed by atoms with van der Waals surface area (Å²) in [4.78, 5) is 1.27. The molecule has 4 rings (SSSR count). The number of nitrogens with zero attached hydrogens (tertiary/aromatic N) is 1. The Kier molecular flexibility index (Phi) is 6.67. The first kappa shape index (κ1) is 20.2. The molecule has 0 saturated carbocycles. The van der Waals surface area contributed by atoms with Crippen molar-refractivity contribution in [1.29, 1.82) is 0 Å². The van der Waals surface area contributed by atoms with E-state index in [9.17, 15) is 5.11 Å². The highest BCUT2D eigenvalue weighted by Gasteiger charge is 2.27. The number of hydrogen-bond acceptors (Lipinski definition) is 4. The SMILES string of the molecule is N[C@@H](Cc1ccccc1)[C@H](O)CN1CC(c2ccccc2)Cc2ccccc2S1. The molecule has 0 aliphatic carbocycles. The Bertz CT molecular complexity index is 903. The van der Waals surface area contributed by atoms with E-state index in [-0.39, 0.29) is 6.04 Å². The van der Waals surface area contributed by atoms with Crippen molar-refractivity contribution in [1.82, 2.24) is 4.31 Å². The lowest BCUT2D eigenvalue weighted by Crippen LogP contribution is -2.43. The van der Waals surface area contributed by atoms with E-state index in [0.717, 1.165) is 18.5 Å². The van der Waals surface area contributed by atoms with Gasteiger partial charge in [0, 0.05) is 29.9 Å². The Hall–Kier alpha value is -2.11. The molecular weight excluding hydrogens is 376 g/mol. The number of fused-ring (bicyclic) bond motifs is 1. The number of aliphatic hydroxyl groups excluding tert-OH is 1. The van der Waals surface area contributed by atoms with Gasteiger partial charge in [-0.15, -0.1) is 0 Å². The predicted molar refractivity (Wildman–Crippen MR) is 121 cm³/mol. The number of nitrogens with two attached hydrogens (primary N) is 1. The smallest absolute Gasteiger partial charge is 0.0830 e. The Morgan fingerprint density at radius 1 is 0.931 bits per heavy atom. The van der Waals surface area contributed by atoms with E-state index in [1.54, 1.807) is 11.9 Å². The fourth-order valence-electron chi connectivity index (χ4n) is 3.94. The van der Waals surface area contributed by atoms with Crippen LogP contribution in [-0.4, -0.2) is 34.6 Å². The number of rotatable bonds is 6. The van der Waals surface area contributed by atoms with Crippen molar-refractivity contribution in [2.24, 2.45) is 5.73 Å². The van der Waals surface area contributed by atoms with Crippen LogP contribution in [0.2, 0.25) is 0 Å². The first-order valence-corrected chi connectivity index (χ1v) is 11.0. The van der Waals surface area contributed by atoms with Crippen LogP contribution in [0, 0.1) is 0 Å². The molecule has 0 radical (unpaired) electrons. The van der Waals surface area contributed by atoms with Crippen molar-refractivity contribution in [2.75, 3.05) is 13.1 Å². The summed E-state index contributed by atoms with van der Waals surface area (Å²) in [5.41, 5.74) is 10.2. The van der Waals surface area contributed by atoms with Crippen LogP contribution in [0.1, 0.15) is 22.6 Å². The van der Waals surface area contributed by atoms with Gasteiger partial charge in [-0.3, -0.25) is 0 Å². The molecule has 1 aliphatic rings. The Balaban J connectivity index is 1.49. The van der Waals surface area contributed by atoms with E-state index in [1.807, 2.05) is 18.2 Å². The van der Waals surface area contributed by atoms with Gasteiger partial charge >= 0.3 is 0 Å². The van der Waals surface area contributed by atoms with E-state index >= 15 is 0 Å². The second-order valence-electron chi connectivity index (χ2n) is 7.78. The van der Waals surface area contributed by atoms with Gasteiger partial charge in [-0.05, 0) is 47.5 Å². The Labute approximate surface area is 177 Å². The standard InChI is InChI=1S/C25H28N2OS/c26-23(15-19-9-3-1-4-10-19)24(28)18-27-17-22(20-11-5-2-6-12-20)16-21-13-7-8-14-25(21)29-27/h1-14,22-24,28H,15-18,26H2/t22?,23-,24+/m0/s1. The molecule has 3 aromatic rings. The summed E-state index contributed by atoms with van der Waals surface area (Å²) < 4.78 is 2.29. The number of aliphatic hydroxyl groups is 1. The highest BCUT2D eigenvalue weighted by Crippen LogP contribution is 2.36. The van der Waals surface area contributed by atoms with Crippen molar-refractivity contribution < 1.29 is 5.11 Å². The molecule has 0 bridgehead atoms. The summed E-state index contributed by atoms with van der Waals surface area (Å²) >= 11 is 1.75. The van der Waals surface area contributed by atoms with E-state index in [1.165, 1.54) is 16.0 Å². The van der Waals surface area contributed by atoms with E-state index < -0.39 is 6.10 Å².